The second-order valence-corrected chi connectivity index (χ2v) is 4.49. The molecule has 0 aromatic heterocycles. The number of likely N-dealkylation sites (N-methyl/N-ethyl adjacent to an activating group) is 1. The molecule has 2 rings (SSSR count). The number of hydrogen-bond donors (Lipinski definition) is 2. The van der Waals surface area contributed by atoms with Gasteiger partial charge in [-0.2, -0.15) is 0 Å². The normalized spacial score (nSPS) is 13.5. The summed E-state index contributed by atoms with van der Waals surface area (Å²) in [7, 11) is 2.10. The molecule has 1 aromatic carbocycles. The van der Waals surface area contributed by atoms with Crippen LogP contribution in [0.15, 0.2) is 18.2 Å². The Labute approximate surface area is 99.7 Å². The van der Waals surface area contributed by atoms with E-state index in [2.05, 4.69) is 33.5 Å². The highest BCUT2D eigenvalue weighted by atomic mass is 32.2. The quantitative estimate of drug-likeness (QED) is 0.787. The van der Waals surface area contributed by atoms with Gasteiger partial charge in [0.2, 0.25) is 5.91 Å². The number of nitrogens with one attached hydrogen (secondary N) is 2. The van der Waals surface area contributed by atoms with Gasteiger partial charge in [0.1, 0.15) is 0 Å². The molecule has 1 aliphatic rings. The zero-order valence-electron chi connectivity index (χ0n) is 9.41. The fourth-order valence-electron chi connectivity index (χ4n) is 1.79. The summed E-state index contributed by atoms with van der Waals surface area (Å²) in [6.07, 6.45) is 1.09. The minimum atomic E-state index is -0.0570. The molecule has 1 amide bonds. The van der Waals surface area contributed by atoms with Crippen LogP contribution in [0.4, 0.5) is 11.4 Å². The molecule has 0 unspecified atom stereocenters. The zero-order chi connectivity index (χ0) is 11.5. The van der Waals surface area contributed by atoms with E-state index < -0.39 is 0 Å². The summed E-state index contributed by atoms with van der Waals surface area (Å²) in [5, 5.41) is 0. The molecule has 1 heterocycles. The van der Waals surface area contributed by atoms with E-state index in [-0.39, 0.29) is 5.91 Å². The summed E-state index contributed by atoms with van der Waals surface area (Å²) in [5.41, 5.74) is 3.68. The molecule has 0 radical (unpaired) electrons. The van der Waals surface area contributed by atoms with Crippen molar-refractivity contribution in [2.45, 2.75) is 13.3 Å². The molecule has 16 heavy (non-hydrogen) atoms. The second-order valence-electron chi connectivity index (χ2n) is 3.88. The highest BCUT2D eigenvalue weighted by Gasteiger charge is 2.15. The van der Waals surface area contributed by atoms with Crippen LogP contribution in [0.25, 0.3) is 0 Å². The maximum atomic E-state index is 10.7. The van der Waals surface area contributed by atoms with Crippen LogP contribution in [0.1, 0.15) is 12.5 Å². The lowest BCUT2D eigenvalue weighted by Crippen LogP contribution is -2.13. The van der Waals surface area contributed by atoms with Crippen LogP contribution in [0, 0.1) is 0 Å². The number of amides is 1. The molecule has 4 nitrogen and oxygen atoms in total. The third-order valence-electron chi connectivity index (χ3n) is 2.57. The molecule has 0 saturated heterocycles. The Morgan fingerprint density at radius 2 is 2.31 bits per heavy atom. The molecule has 0 aliphatic carbocycles. The molecule has 0 bridgehead atoms. The molecule has 0 fully saturated rings. The monoisotopic (exact) mass is 237 g/mol. The second kappa shape index (κ2) is 4.65. The smallest absolute Gasteiger partial charge is 0.228 e. The largest absolute Gasteiger partial charge is 0.374 e. The molecule has 86 valence electrons. The number of carbonyl (C=O) groups excluding carboxylic acids is 1. The van der Waals surface area contributed by atoms with E-state index in [0.717, 1.165) is 18.7 Å². The minimum absolute atomic E-state index is 0.0570. The van der Waals surface area contributed by atoms with Crippen LogP contribution in [-0.2, 0) is 11.2 Å². The summed E-state index contributed by atoms with van der Waals surface area (Å²) in [6, 6.07) is 6.27. The predicted octanol–water partition coefficient (Wildman–Crippen LogP) is 1.79. The van der Waals surface area contributed by atoms with E-state index in [1.165, 1.54) is 30.3 Å². The van der Waals surface area contributed by atoms with Gasteiger partial charge in [0.15, 0.2) is 0 Å². The van der Waals surface area contributed by atoms with E-state index >= 15 is 0 Å². The standard InChI is InChI=1S/C11H15N3OS/c1-8(15)12-16-13-10-3-4-11-9(7-10)5-6-14(11)2/h3-4,7,13H,5-6H2,1-2H3,(H,12,15). The van der Waals surface area contributed by atoms with E-state index in [9.17, 15) is 4.79 Å². The molecular weight excluding hydrogens is 222 g/mol. The number of benzene rings is 1. The van der Waals surface area contributed by atoms with Crippen molar-refractivity contribution >= 4 is 29.4 Å². The van der Waals surface area contributed by atoms with Crippen molar-refractivity contribution in [3.63, 3.8) is 0 Å². The first-order valence-corrected chi connectivity index (χ1v) is 6.01. The SMILES string of the molecule is CC(=O)NSNc1ccc2c(c1)CCN2C. The number of nitrogens with zero attached hydrogens (tertiary/aromatic N) is 1. The van der Waals surface area contributed by atoms with Crippen molar-refractivity contribution in [3.8, 4) is 0 Å². The van der Waals surface area contributed by atoms with E-state index in [1.807, 2.05) is 6.07 Å². The van der Waals surface area contributed by atoms with Crippen LogP contribution < -0.4 is 14.3 Å². The molecule has 1 aromatic rings. The van der Waals surface area contributed by atoms with Crippen molar-refractivity contribution in [3.05, 3.63) is 23.8 Å². The first-order chi connectivity index (χ1) is 7.66. The van der Waals surface area contributed by atoms with Gasteiger partial charge < -0.3 is 9.62 Å². The third-order valence-corrected chi connectivity index (χ3v) is 3.30. The van der Waals surface area contributed by atoms with Gasteiger partial charge in [-0.05, 0) is 30.2 Å². The maximum absolute atomic E-state index is 10.7. The van der Waals surface area contributed by atoms with Crippen molar-refractivity contribution in [1.82, 2.24) is 4.72 Å². The first-order valence-electron chi connectivity index (χ1n) is 5.19. The summed E-state index contributed by atoms with van der Waals surface area (Å²) in [4.78, 5) is 12.9. The van der Waals surface area contributed by atoms with Gasteiger partial charge in [-0.1, -0.05) is 0 Å². The predicted molar refractivity (Wildman–Crippen MR) is 68.4 cm³/mol. The van der Waals surface area contributed by atoms with Crippen molar-refractivity contribution in [1.29, 1.82) is 0 Å². The average Bonchev–Trinajstić information content (AvgIpc) is 2.60. The topological polar surface area (TPSA) is 44.4 Å². The number of carbonyl (C=O) groups is 1. The Bertz CT molecular complexity index is 408. The molecule has 0 atom stereocenters. The molecule has 0 spiro atoms. The lowest BCUT2D eigenvalue weighted by molar-refractivity contribution is -0.117. The van der Waals surface area contributed by atoms with Gasteiger partial charge in [-0.15, -0.1) is 0 Å². The summed E-state index contributed by atoms with van der Waals surface area (Å²) < 4.78 is 5.71. The van der Waals surface area contributed by atoms with Crippen LogP contribution in [0.5, 0.6) is 0 Å². The fraction of sp³-hybridized carbons (Fsp3) is 0.364. The fourth-order valence-corrected chi connectivity index (χ4v) is 2.23. The maximum Gasteiger partial charge on any atom is 0.228 e. The third kappa shape index (κ3) is 2.41. The van der Waals surface area contributed by atoms with Gasteiger partial charge >= 0.3 is 0 Å². The Morgan fingerprint density at radius 1 is 1.50 bits per heavy atom. The first kappa shape index (κ1) is 11.1. The van der Waals surface area contributed by atoms with E-state index in [4.69, 9.17) is 0 Å². The van der Waals surface area contributed by atoms with Crippen molar-refractivity contribution in [2.75, 3.05) is 23.2 Å². The van der Waals surface area contributed by atoms with Crippen LogP contribution >= 0.6 is 12.1 Å². The van der Waals surface area contributed by atoms with E-state index in [1.54, 1.807) is 0 Å². The number of hydrogen-bond acceptors (Lipinski definition) is 4. The van der Waals surface area contributed by atoms with E-state index in [0.29, 0.717) is 0 Å². The highest BCUT2D eigenvalue weighted by molar-refractivity contribution is 7.99. The van der Waals surface area contributed by atoms with Crippen LogP contribution in [0.2, 0.25) is 0 Å². The van der Waals surface area contributed by atoms with Crippen molar-refractivity contribution < 1.29 is 4.79 Å². The van der Waals surface area contributed by atoms with Gasteiger partial charge in [-0.3, -0.25) is 9.52 Å². The summed E-state index contributed by atoms with van der Waals surface area (Å²) in [6.45, 7) is 2.57. The Balaban J connectivity index is 1.99. The molecule has 5 heteroatoms. The lowest BCUT2D eigenvalue weighted by atomic mass is 10.1. The Kier molecular flexibility index (Phi) is 3.24. The Hall–Kier alpha value is -1.36. The molecule has 2 N–H and O–H groups in total. The average molecular weight is 237 g/mol. The highest BCUT2D eigenvalue weighted by Crippen LogP contribution is 2.29. The number of rotatable bonds is 3. The van der Waals surface area contributed by atoms with Crippen LogP contribution in [0.3, 0.4) is 0 Å². The lowest BCUT2D eigenvalue weighted by Gasteiger charge is -2.12. The number of anilines is 2. The Morgan fingerprint density at radius 3 is 3.06 bits per heavy atom. The number of fused-ring (bicyclic) bond motifs is 1. The summed E-state index contributed by atoms with van der Waals surface area (Å²) in [5.74, 6) is -0.0570. The van der Waals surface area contributed by atoms with Crippen LogP contribution in [-0.4, -0.2) is 19.5 Å². The van der Waals surface area contributed by atoms with Gasteiger partial charge in [-0.25, -0.2) is 0 Å². The van der Waals surface area contributed by atoms with Gasteiger partial charge in [0.25, 0.3) is 0 Å². The molecule has 0 saturated carbocycles. The minimum Gasteiger partial charge on any atom is -0.374 e. The molecule has 1 aliphatic heterocycles. The molecular formula is C11H15N3OS. The van der Waals surface area contributed by atoms with Gasteiger partial charge in [0, 0.05) is 31.9 Å². The van der Waals surface area contributed by atoms with Gasteiger partial charge in [0.05, 0.1) is 12.1 Å². The van der Waals surface area contributed by atoms with Crippen molar-refractivity contribution in [2.24, 2.45) is 0 Å². The summed E-state index contributed by atoms with van der Waals surface area (Å²) >= 11 is 1.20. The zero-order valence-corrected chi connectivity index (χ0v) is 10.2.